The third-order valence-corrected chi connectivity index (χ3v) is 2.48. The second-order valence-electron chi connectivity index (χ2n) is 3.95. The van der Waals surface area contributed by atoms with E-state index >= 15 is 0 Å². The molecule has 0 radical (unpaired) electrons. The van der Waals surface area contributed by atoms with E-state index in [0.717, 1.165) is 12.2 Å². The molecule has 0 saturated carbocycles. The van der Waals surface area contributed by atoms with Gasteiger partial charge in [-0.05, 0) is 19.0 Å². The fraction of sp³-hybridized carbons (Fsp3) is 0.727. The molecule has 0 fully saturated rings. The van der Waals surface area contributed by atoms with Gasteiger partial charge in [0, 0.05) is 19.9 Å². The van der Waals surface area contributed by atoms with Gasteiger partial charge in [-0.1, -0.05) is 6.92 Å². The van der Waals surface area contributed by atoms with E-state index in [1.165, 1.54) is 0 Å². The van der Waals surface area contributed by atoms with Crippen molar-refractivity contribution in [1.82, 2.24) is 15.1 Å². The topological polar surface area (TPSA) is 39.1 Å². The van der Waals surface area contributed by atoms with Gasteiger partial charge in [0.15, 0.2) is 0 Å². The number of ether oxygens (including phenoxy) is 1. The van der Waals surface area contributed by atoms with Gasteiger partial charge in [0.05, 0.1) is 11.7 Å². The molecule has 104 valence electrons. The maximum atomic E-state index is 11.9. The van der Waals surface area contributed by atoms with E-state index in [2.05, 4.69) is 15.2 Å². The summed E-state index contributed by atoms with van der Waals surface area (Å²) in [5, 5.41) is 7.24. The lowest BCUT2D eigenvalue weighted by molar-refractivity contribution is -0.174. The molecule has 0 bridgehead atoms. The highest BCUT2D eigenvalue weighted by Crippen LogP contribution is 2.18. The Labute approximate surface area is 104 Å². The minimum Gasteiger partial charge on any atom is -0.372 e. The first-order chi connectivity index (χ1) is 8.44. The molecule has 0 aliphatic rings. The first-order valence-electron chi connectivity index (χ1n) is 5.80. The van der Waals surface area contributed by atoms with Crippen LogP contribution in [-0.4, -0.2) is 35.7 Å². The summed E-state index contributed by atoms with van der Waals surface area (Å²) in [6, 6.07) is 1.80. The molecule has 1 aromatic heterocycles. The van der Waals surface area contributed by atoms with Crippen molar-refractivity contribution in [1.29, 1.82) is 0 Å². The van der Waals surface area contributed by atoms with E-state index in [9.17, 15) is 13.2 Å². The normalized spacial score (nSPS) is 13.8. The first-order valence-corrected chi connectivity index (χ1v) is 5.80. The Morgan fingerprint density at radius 2 is 2.22 bits per heavy atom. The summed E-state index contributed by atoms with van der Waals surface area (Å²) in [4.78, 5) is 0. The fourth-order valence-electron chi connectivity index (χ4n) is 1.72. The lowest BCUT2D eigenvalue weighted by atomic mass is 10.1. The zero-order valence-electron chi connectivity index (χ0n) is 10.5. The average molecular weight is 265 g/mol. The van der Waals surface area contributed by atoms with Crippen molar-refractivity contribution in [2.45, 2.75) is 25.6 Å². The minimum absolute atomic E-state index is 0.0456. The minimum atomic E-state index is -4.26. The van der Waals surface area contributed by atoms with Crippen LogP contribution in [0.2, 0.25) is 0 Å². The second kappa shape index (κ2) is 6.75. The van der Waals surface area contributed by atoms with Gasteiger partial charge in [-0.15, -0.1) is 0 Å². The standard InChI is InChI=1S/C11H18F3N3O/c1-3-15-9(10-4-6-16-17(10)2)5-7-18-8-11(12,13)14/h4,6,9,15H,3,5,7-8H2,1-2H3. The first kappa shape index (κ1) is 15.0. The zero-order valence-corrected chi connectivity index (χ0v) is 10.5. The molecular formula is C11H18F3N3O. The van der Waals surface area contributed by atoms with E-state index in [0.29, 0.717) is 6.42 Å². The van der Waals surface area contributed by atoms with Gasteiger partial charge >= 0.3 is 6.18 Å². The quantitative estimate of drug-likeness (QED) is 0.767. The van der Waals surface area contributed by atoms with Crippen LogP contribution in [0.25, 0.3) is 0 Å². The smallest absolute Gasteiger partial charge is 0.372 e. The second-order valence-corrected chi connectivity index (χ2v) is 3.95. The molecule has 1 heterocycles. The molecule has 0 aliphatic heterocycles. The summed E-state index contributed by atoms with van der Waals surface area (Å²) in [5.74, 6) is 0. The number of halogens is 3. The molecule has 1 atom stereocenters. The van der Waals surface area contributed by atoms with Crippen LogP contribution in [0.1, 0.15) is 25.1 Å². The van der Waals surface area contributed by atoms with E-state index in [4.69, 9.17) is 0 Å². The number of nitrogens with zero attached hydrogens (tertiary/aromatic N) is 2. The number of hydrogen-bond donors (Lipinski definition) is 1. The SMILES string of the molecule is CCNC(CCOCC(F)(F)F)c1ccnn1C. The number of rotatable bonds is 7. The molecule has 1 aromatic rings. The van der Waals surface area contributed by atoms with Gasteiger partial charge < -0.3 is 10.1 Å². The summed E-state index contributed by atoms with van der Waals surface area (Å²) in [5.41, 5.74) is 0.937. The molecule has 0 aliphatic carbocycles. The molecule has 7 heteroatoms. The van der Waals surface area contributed by atoms with Crippen LogP contribution in [0.3, 0.4) is 0 Å². The molecule has 18 heavy (non-hydrogen) atoms. The molecule has 1 rings (SSSR count). The van der Waals surface area contributed by atoms with Crippen LogP contribution in [0.15, 0.2) is 12.3 Å². The van der Waals surface area contributed by atoms with E-state index in [-0.39, 0.29) is 12.6 Å². The number of aromatic nitrogens is 2. The van der Waals surface area contributed by atoms with Crippen molar-refractivity contribution < 1.29 is 17.9 Å². The van der Waals surface area contributed by atoms with Crippen molar-refractivity contribution in [3.63, 3.8) is 0 Å². The van der Waals surface area contributed by atoms with Crippen LogP contribution >= 0.6 is 0 Å². The Morgan fingerprint density at radius 3 is 2.72 bits per heavy atom. The van der Waals surface area contributed by atoms with Crippen LogP contribution in [0.5, 0.6) is 0 Å². The van der Waals surface area contributed by atoms with Gasteiger partial charge in [0.1, 0.15) is 6.61 Å². The fourth-order valence-corrected chi connectivity index (χ4v) is 1.72. The molecule has 4 nitrogen and oxygen atoms in total. The summed E-state index contributed by atoms with van der Waals surface area (Å²) in [6.45, 7) is 1.54. The molecule has 0 aromatic carbocycles. The highest BCUT2D eigenvalue weighted by molar-refractivity contribution is 5.06. The number of hydrogen-bond acceptors (Lipinski definition) is 3. The number of aryl methyl sites for hydroxylation is 1. The highest BCUT2D eigenvalue weighted by atomic mass is 19.4. The van der Waals surface area contributed by atoms with Crippen molar-refractivity contribution in [2.24, 2.45) is 7.05 Å². The van der Waals surface area contributed by atoms with Gasteiger partial charge in [-0.2, -0.15) is 18.3 Å². The third-order valence-electron chi connectivity index (χ3n) is 2.48. The van der Waals surface area contributed by atoms with E-state index in [1.54, 1.807) is 17.9 Å². The van der Waals surface area contributed by atoms with Crippen molar-refractivity contribution >= 4 is 0 Å². The molecule has 1 unspecified atom stereocenters. The van der Waals surface area contributed by atoms with Gasteiger partial charge in [0.25, 0.3) is 0 Å². The summed E-state index contributed by atoms with van der Waals surface area (Å²) in [7, 11) is 1.80. The molecule has 0 spiro atoms. The zero-order chi connectivity index (χ0) is 13.6. The van der Waals surface area contributed by atoms with Crippen LogP contribution in [0.4, 0.5) is 13.2 Å². The predicted molar refractivity (Wildman–Crippen MR) is 61.1 cm³/mol. The molecule has 1 N–H and O–H groups in total. The summed E-state index contributed by atoms with van der Waals surface area (Å²) < 4.78 is 42.1. The Morgan fingerprint density at radius 1 is 1.50 bits per heavy atom. The predicted octanol–water partition coefficient (Wildman–Crippen LogP) is 2.04. The average Bonchev–Trinajstić information content (AvgIpc) is 2.68. The third kappa shape index (κ3) is 5.05. The largest absolute Gasteiger partial charge is 0.411 e. The summed E-state index contributed by atoms with van der Waals surface area (Å²) in [6.07, 6.45) is -2.13. The Kier molecular flexibility index (Phi) is 5.61. The van der Waals surface area contributed by atoms with E-state index in [1.807, 2.05) is 13.0 Å². The summed E-state index contributed by atoms with van der Waals surface area (Å²) >= 11 is 0. The molecular weight excluding hydrogens is 247 g/mol. The van der Waals surface area contributed by atoms with Crippen LogP contribution in [-0.2, 0) is 11.8 Å². The van der Waals surface area contributed by atoms with Gasteiger partial charge in [-0.3, -0.25) is 4.68 Å². The van der Waals surface area contributed by atoms with Crippen LogP contribution < -0.4 is 5.32 Å². The van der Waals surface area contributed by atoms with Crippen molar-refractivity contribution in [3.05, 3.63) is 18.0 Å². The lowest BCUT2D eigenvalue weighted by Gasteiger charge is -2.18. The van der Waals surface area contributed by atoms with Crippen molar-refractivity contribution in [3.8, 4) is 0 Å². The van der Waals surface area contributed by atoms with Gasteiger partial charge in [0.2, 0.25) is 0 Å². The molecule has 0 saturated heterocycles. The van der Waals surface area contributed by atoms with Gasteiger partial charge in [-0.25, -0.2) is 0 Å². The Hall–Kier alpha value is -1.08. The number of nitrogens with one attached hydrogen (secondary N) is 1. The maximum Gasteiger partial charge on any atom is 0.411 e. The lowest BCUT2D eigenvalue weighted by Crippen LogP contribution is -2.25. The monoisotopic (exact) mass is 265 g/mol. The molecule has 0 amide bonds. The highest BCUT2D eigenvalue weighted by Gasteiger charge is 2.27. The van der Waals surface area contributed by atoms with Crippen LogP contribution in [0, 0.1) is 0 Å². The van der Waals surface area contributed by atoms with E-state index < -0.39 is 12.8 Å². The Balaban J connectivity index is 2.42. The van der Waals surface area contributed by atoms with Crippen molar-refractivity contribution in [2.75, 3.05) is 19.8 Å². The maximum absolute atomic E-state index is 11.9. The number of alkyl halides is 3. The Bertz CT molecular complexity index is 352.